The number of rotatable bonds is 3. The van der Waals surface area contributed by atoms with Gasteiger partial charge >= 0.3 is 6.03 Å². The summed E-state index contributed by atoms with van der Waals surface area (Å²) in [5.41, 5.74) is 1.60. The number of fused-ring (bicyclic) bond motifs is 1. The molecule has 1 aromatic rings. The Morgan fingerprint density at radius 3 is 2.85 bits per heavy atom. The highest BCUT2D eigenvalue weighted by molar-refractivity contribution is 6.09. The van der Waals surface area contributed by atoms with E-state index in [4.69, 9.17) is 0 Å². The van der Waals surface area contributed by atoms with Gasteiger partial charge < -0.3 is 10.6 Å². The molecule has 1 heterocycles. The van der Waals surface area contributed by atoms with E-state index >= 15 is 0 Å². The van der Waals surface area contributed by atoms with Crippen molar-refractivity contribution in [3.63, 3.8) is 0 Å². The molecule has 1 saturated carbocycles. The summed E-state index contributed by atoms with van der Waals surface area (Å²) in [7, 11) is 0. The Balaban J connectivity index is 1.44. The van der Waals surface area contributed by atoms with Crippen LogP contribution < -0.4 is 10.6 Å². The molecule has 2 fully saturated rings. The summed E-state index contributed by atoms with van der Waals surface area (Å²) in [6.45, 7) is 1.80. The first-order valence-electron chi connectivity index (χ1n) is 10.0. The molecule has 144 valence electrons. The molecule has 0 unspecified atom stereocenters. The van der Waals surface area contributed by atoms with Gasteiger partial charge in [0, 0.05) is 0 Å². The van der Waals surface area contributed by atoms with Crippen LogP contribution in [0.4, 0.5) is 4.79 Å². The van der Waals surface area contributed by atoms with Crippen LogP contribution in [-0.4, -0.2) is 34.8 Å². The summed E-state index contributed by atoms with van der Waals surface area (Å²) in [6, 6.07) is 7.65. The molecule has 0 aromatic heterocycles. The van der Waals surface area contributed by atoms with Crippen molar-refractivity contribution in [3.8, 4) is 0 Å². The van der Waals surface area contributed by atoms with E-state index in [1.165, 1.54) is 5.56 Å². The zero-order chi connectivity index (χ0) is 19.0. The second kappa shape index (κ2) is 6.98. The largest absolute Gasteiger partial charge is 0.348 e. The molecular formula is C21H27N3O3. The van der Waals surface area contributed by atoms with Crippen molar-refractivity contribution >= 4 is 17.8 Å². The zero-order valence-electron chi connectivity index (χ0n) is 15.8. The van der Waals surface area contributed by atoms with Crippen molar-refractivity contribution in [2.24, 2.45) is 5.92 Å². The lowest BCUT2D eigenvalue weighted by Gasteiger charge is -2.36. The molecular weight excluding hydrogens is 342 g/mol. The Hall–Kier alpha value is -2.37. The van der Waals surface area contributed by atoms with E-state index in [0.717, 1.165) is 49.0 Å². The minimum atomic E-state index is -0.812. The Morgan fingerprint density at radius 2 is 2.04 bits per heavy atom. The first kappa shape index (κ1) is 18.0. The number of carbonyl (C=O) groups excluding carboxylic acids is 3. The van der Waals surface area contributed by atoms with Gasteiger partial charge in [-0.25, -0.2) is 4.79 Å². The first-order valence-corrected chi connectivity index (χ1v) is 10.0. The number of hydrogen-bond acceptors (Lipinski definition) is 3. The Morgan fingerprint density at radius 1 is 1.22 bits per heavy atom. The molecule has 6 heteroatoms. The van der Waals surface area contributed by atoms with Gasteiger partial charge in [-0.1, -0.05) is 44.0 Å². The minimum Gasteiger partial charge on any atom is -0.348 e. The number of carbonyl (C=O) groups is 3. The third kappa shape index (κ3) is 3.11. The fraction of sp³-hybridized carbons (Fsp3) is 0.571. The maximum Gasteiger partial charge on any atom is 0.325 e. The fourth-order valence-electron chi connectivity index (χ4n) is 4.93. The summed E-state index contributed by atoms with van der Waals surface area (Å²) < 4.78 is 0. The number of hydrogen-bond donors (Lipinski definition) is 2. The number of imide groups is 1. The molecule has 27 heavy (non-hydrogen) atoms. The van der Waals surface area contributed by atoms with Crippen LogP contribution in [0, 0.1) is 5.92 Å². The van der Waals surface area contributed by atoms with E-state index in [1.54, 1.807) is 0 Å². The molecule has 1 spiro atoms. The monoisotopic (exact) mass is 369 g/mol. The van der Waals surface area contributed by atoms with Crippen molar-refractivity contribution in [1.29, 1.82) is 0 Å². The first-order chi connectivity index (χ1) is 13.0. The maximum absolute atomic E-state index is 13.0. The fourth-order valence-corrected chi connectivity index (χ4v) is 4.93. The second-order valence-electron chi connectivity index (χ2n) is 8.15. The predicted molar refractivity (Wildman–Crippen MR) is 101 cm³/mol. The number of aryl methyl sites for hydroxylation is 1. The summed E-state index contributed by atoms with van der Waals surface area (Å²) in [5, 5.41) is 5.93. The van der Waals surface area contributed by atoms with Gasteiger partial charge in [-0.05, 0) is 49.1 Å². The summed E-state index contributed by atoms with van der Waals surface area (Å²) in [4.78, 5) is 39.2. The van der Waals surface area contributed by atoms with E-state index in [1.807, 2.05) is 25.1 Å². The Kier molecular flexibility index (Phi) is 4.66. The van der Waals surface area contributed by atoms with Gasteiger partial charge in [-0.15, -0.1) is 0 Å². The molecule has 2 N–H and O–H groups in total. The van der Waals surface area contributed by atoms with Crippen LogP contribution >= 0.6 is 0 Å². The smallest absolute Gasteiger partial charge is 0.325 e. The number of benzene rings is 1. The number of urea groups is 1. The van der Waals surface area contributed by atoms with Gasteiger partial charge in [-0.3, -0.25) is 14.5 Å². The van der Waals surface area contributed by atoms with Gasteiger partial charge in [0.25, 0.3) is 5.91 Å². The van der Waals surface area contributed by atoms with Gasteiger partial charge in [0.15, 0.2) is 0 Å². The topological polar surface area (TPSA) is 78.5 Å². The lowest BCUT2D eigenvalue weighted by molar-refractivity contribution is -0.137. The molecule has 3 atom stereocenters. The van der Waals surface area contributed by atoms with Crippen LogP contribution in [-0.2, 0) is 16.0 Å². The van der Waals surface area contributed by atoms with Crippen LogP contribution in [0.15, 0.2) is 24.3 Å². The zero-order valence-corrected chi connectivity index (χ0v) is 15.8. The van der Waals surface area contributed by atoms with E-state index < -0.39 is 11.6 Å². The predicted octanol–water partition coefficient (Wildman–Crippen LogP) is 2.68. The molecule has 1 aliphatic heterocycles. The highest BCUT2D eigenvalue weighted by Crippen LogP contribution is 2.38. The average Bonchev–Trinajstić information content (AvgIpc) is 2.89. The van der Waals surface area contributed by atoms with Crippen LogP contribution in [0.2, 0.25) is 0 Å². The SMILES string of the molecule is C[C@@H]1CCCC[C@]12NC(=O)N(CC(=O)N[C@@H]1CCCc3ccccc31)C2=O. The summed E-state index contributed by atoms with van der Waals surface area (Å²) >= 11 is 0. The molecule has 4 rings (SSSR count). The lowest BCUT2D eigenvalue weighted by atomic mass is 9.73. The molecule has 4 amide bonds. The van der Waals surface area contributed by atoms with Crippen molar-refractivity contribution < 1.29 is 14.4 Å². The van der Waals surface area contributed by atoms with Gasteiger partial charge in [-0.2, -0.15) is 0 Å². The van der Waals surface area contributed by atoms with E-state index in [-0.39, 0.29) is 30.3 Å². The quantitative estimate of drug-likeness (QED) is 0.804. The van der Waals surface area contributed by atoms with Gasteiger partial charge in [0.2, 0.25) is 5.91 Å². The van der Waals surface area contributed by atoms with E-state index in [2.05, 4.69) is 16.7 Å². The second-order valence-corrected chi connectivity index (χ2v) is 8.15. The normalized spacial score (nSPS) is 30.2. The van der Waals surface area contributed by atoms with Crippen molar-refractivity contribution in [3.05, 3.63) is 35.4 Å². The molecule has 6 nitrogen and oxygen atoms in total. The van der Waals surface area contributed by atoms with Gasteiger partial charge in [0.05, 0.1) is 6.04 Å². The highest BCUT2D eigenvalue weighted by atomic mass is 16.2. The molecule has 0 bridgehead atoms. The highest BCUT2D eigenvalue weighted by Gasteiger charge is 2.55. The number of nitrogens with zero attached hydrogens (tertiary/aromatic N) is 1. The summed E-state index contributed by atoms with van der Waals surface area (Å²) in [6.07, 6.45) is 6.51. The molecule has 1 saturated heterocycles. The standard InChI is InChI=1S/C21H27N3O3/c1-14-7-4-5-12-21(14)19(26)24(20(27)23-21)13-18(25)22-17-11-6-9-15-8-2-3-10-16(15)17/h2-3,8,10,14,17H,4-7,9,11-13H2,1H3,(H,22,25)(H,23,27)/t14-,17-,21+/m1/s1. The Bertz CT molecular complexity index is 778. The van der Waals surface area contributed by atoms with Crippen LogP contribution in [0.5, 0.6) is 0 Å². The molecule has 1 aromatic carbocycles. The third-order valence-electron chi connectivity index (χ3n) is 6.51. The maximum atomic E-state index is 13.0. The van der Waals surface area contributed by atoms with Gasteiger partial charge in [0.1, 0.15) is 12.1 Å². The lowest BCUT2D eigenvalue weighted by Crippen LogP contribution is -2.54. The molecule has 2 aliphatic carbocycles. The van der Waals surface area contributed by atoms with Crippen molar-refractivity contribution in [2.45, 2.75) is 63.5 Å². The number of nitrogens with one attached hydrogen (secondary N) is 2. The van der Waals surface area contributed by atoms with Crippen molar-refractivity contribution in [1.82, 2.24) is 15.5 Å². The minimum absolute atomic E-state index is 0.0502. The van der Waals surface area contributed by atoms with Crippen molar-refractivity contribution in [2.75, 3.05) is 6.54 Å². The number of amides is 4. The van der Waals surface area contributed by atoms with E-state index in [9.17, 15) is 14.4 Å². The average molecular weight is 369 g/mol. The molecule has 0 radical (unpaired) electrons. The third-order valence-corrected chi connectivity index (χ3v) is 6.51. The van der Waals surface area contributed by atoms with Crippen LogP contribution in [0.1, 0.15) is 62.6 Å². The summed E-state index contributed by atoms with van der Waals surface area (Å²) in [5.74, 6) is -0.416. The van der Waals surface area contributed by atoms with E-state index in [0.29, 0.717) is 6.42 Å². The van der Waals surface area contributed by atoms with Crippen LogP contribution in [0.25, 0.3) is 0 Å². The van der Waals surface area contributed by atoms with Crippen LogP contribution in [0.3, 0.4) is 0 Å². The Labute approximate surface area is 159 Å². The molecule has 3 aliphatic rings.